The van der Waals surface area contributed by atoms with Gasteiger partial charge in [0.25, 0.3) is 0 Å². The molecule has 4 nitrogen and oxygen atoms in total. The van der Waals surface area contributed by atoms with Crippen molar-refractivity contribution in [3.63, 3.8) is 0 Å². The molecule has 0 aliphatic rings. The largest absolute Gasteiger partial charge is 0.394 e. The van der Waals surface area contributed by atoms with Crippen LogP contribution in [0.25, 0.3) is 0 Å². The summed E-state index contributed by atoms with van der Waals surface area (Å²) in [5.41, 5.74) is 0. The van der Waals surface area contributed by atoms with E-state index in [4.69, 9.17) is 0 Å². The highest BCUT2D eigenvalue weighted by Crippen LogP contribution is 2.09. The smallest absolute Gasteiger partial charge is 0.220 e. The van der Waals surface area contributed by atoms with E-state index in [1.54, 1.807) is 6.08 Å². The number of unbranched alkanes of at least 4 members (excludes halogenated alkanes) is 12. The summed E-state index contributed by atoms with van der Waals surface area (Å²) in [6.45, 7) is 4.18. The van der Waals surface area contributed by atoms with Crippen LogP contribution in [0, 0.1) is 0 Å². The van der Waals surface area contributed by atoms with Gasteiger partial charge in [0, 0.05) is 6.42 Å². The summed E-state index contributed by atoms with van der Waals surface area (Å²) in [7, 11) is 0. The van der Waals surface area contributed by atoms with Gasteiger partial charge in [-0.1, -0.05) is 107 Å². The van der Waals surface area contributed by atoms with Gasteiger partial charge in [-0.05, 0) is 64.2 Å². The zero-order valence-electron chi connectivity index (χ0n) is 23.5. The third kappa shape index (κ3) is 24.1. The molecule has 3 N–H and O–H groups in total. The Kier molecular flexibility index (Phi) is 26.6. The van der Waals surface area contributed by atoms with Crippen LogP contribution < -0.4 is 5.32 Å². The molecule has 0 aromatic carbocycles. The third-order valence-corrected chi connectivity index (χ3v) is 6.26. The maximum atomic E-state index is 12.2. The van der Waals surface area contributed by atoms with Gasteiger partial charge in [0.15, 0.2) is 0 Å². The van der Waals surface area contributed by atoms with Gasteiger partial charge in [0.05, 0.1) is 18.8 Å². The van der Waals surface area contributed by atoms with Crippen molar-refractivity contribution < 1.29 is 15.0 Å². The lowest BCUT2D eigenvalue weighted by Crippen LogP contribution is -2.45. The Hall–Kier alpha value is -1.65. The number of amides is 1. The van der Waals surface area contributed by atoms with Crippen molar-refractivity contribution in [2.75, 3.05) is 6.61 Å². The van der Waals surface area contributed by atoms with Crippen LogP contribution in [0.1, 0.15) is 129 Å². The van der Waals surface area contributed by atoms with Crippen molar-refractivity contribution in [1.29, 1.82) is 0 Å². The summed E-state index contributed by atoms with van der Waals surface area (Å²) in [4.78, 5) is 12.2. The quantitative estimate of drug-likeness (QED) is 0.0870. The Balaban J connectivity index is 3.82. The molecule has 208 valence electrons. The van der Waals surface area contributed by atoms with Gasteiger partial charge < -0.3 is 15.5 Å². The normalized spacial score (nSPS) is 14.0. The molecule has 4 heteroatoms. The lowest BCUT2D eigenvalue weighted by molar-refractivity contribution is -0.123. The fourth-order valence-electron chi connectivity index (χ4n) is 3.89. The molecule has 0 aromatic rings. The summed E-state index contributed by atoms with van der Waals surface area (Å²) in [5, 5.41) is 22.7. The van der Waals surface area contributed by atoms with Gasteiger partial charge >= 0.3 is 0 Å². The minimum Gasteiger partial charge on any atom is -0.394 e. The average molecular weight is 504 g/mol. The van der Waals surface area contributed by atoms with E-state index in [-0.39, 0.29) is 12.5 Å². The lowest BCUT2D eigenvalue weighted by atomic mass is 10.1. The van der Waals surface area contributed by atoms with Gasteiger partial charge in [-0.25, -0.2) is 0 Å². The molecule has 0 saturated heterocycles. The molecule has 36 heavy (non-hydrogen) atoms. The van der Waals surface area contributed by atoms with E-state index >= 15 is 0 Å². The van der Waals surface area contributed by atoms with Crippen molar-refractivity contribution >= 4 is 5.91 Å². The highest BCUT2D eigenvalue weighted by molar-refractivity contribution is 5.76. The van der Waals surface area contributed by atoms with Crippen molar-refractivity contribution in [2.24, 2.45) is 0 Å². The van der Waals surface area contributed by atoms with Gasteiger partial charge in [0.2, 0.25) is 5.91 Å². The second kappa shape index (κ2) is 27.9. The molecule has 0 aliphatic heterocycles. The zero-order valence-corrected chi connectivity index (χ0v) is 23.5. The van der Waals surface area contributed by atoms with E-state index in [0.29, 0.717) is 6.42 Å². The fraction of sp³-hybridized carbons (Fsp3) is 0.719. The van der Waals surface area contributed by atoms with Crippen molar-refractivity contribution in [2.45, 2.75) is 142 Å². The lowest BCUT2D eigenvalue weighted by Gasteiger charge is -2.19. The molecule has 0 bridgehead atoms. The SMILES string of the molecule is CCCC/C=C\CCCCCCCC(=O)NC(CO)C(O)/C=C/CC/C=C/CC/C=C/CCCCC. The predicted octanol–water partition coefficient (Wildman–Crippen LogP) is 8.11. The Bertz CT molecular complexity index is 594. The molecule has 0 aromatic heterocycles. The van der Waals surface area contributed by atoms with E-state index in [1.165, 1.54) is 57.8 Å². The van der Waals surface area contributed by atoms with Gasteiger partial charge in [-0.2, -0.15) is 0 Å². The number of carbonyl (C=O) groups excluding carboxylic acids is 1. The summed E-state index contributed by atoms with van der Waals surface area (Å²) in [6.07, 6.45) is 36.1. The van der Waals surface area contributed by atoms with Crippen molar-refractivity contribution in [3.05, 3.63) is 48.6 Å². The van der Waals surface area contributed by atoms with Crippen LogP contribution >= 0.6 is 0 Å². The van der Waals surface area contributed by atoms with Crippen LogP contribution in [-0.2, 0) is 4.79 Å². The molecule has 0 saturated carbocycles. The van der Waals surface area contributed by atoms with Gasteiger partial charge in [0.1, 0.15) is 0 Å². The summed E-state index contributed by atoms with van der Waals surface area (Å²) in [6, 6.07) is -0.645. The number of hydrogen-bond acceptors (Lipinski definition) is 3. The first-order chi connectivity index (χ1) is 17.7. The van der Waals surface area contributed by atoms with E-state index in [9.17, 15) is 15.0 Å². The first-order valence-electron chi connectivity index (χ1n) is 14.9. The average Bonchev–Trinajstić information content (AvgIpc) is 2.88. The molecule has 0 spiro atoms. The van der Waals surface area contributed by atoms with Crippen LogP contribution in [0.3, 0.4) is 0 Å². The predicted molar refractivity (Wildman–Crippen MR) is 156 cm³/mol. The molecule has 0 rings (SSSR count). The number of aliphatic hydroxyl groups excluding tert-OH is 2. The highest BCUT2D eigenvalue weighted by Gasteiger charge is 2.17. The molecular formula is C32H57NO3. The third-order valence-electron chi connectivity index (χ3n) is 6.26. The minimum absolute atomic E-state index is 0.0947. The maximum Gasteiger partial charge on any atom is 0.220 e. The number of hydrogen-bond donors (Lipinski definition) is 3. The van der Waals surface area contributed by atoms with E-state index in [0.717, 1.165) is 51.4 Å². The fourth-order valence-corrected chi connectivity index (χ4v) is 3.89. The molecule has 0 aliphatic carbocycles. The number of rotatable bonds is 25. The zero-order chi connectivity index (χ0) is 26.5. The minimum atomic E-state index is -0.869. The van der Waals surface area contributed by atoms with Crippen molar-refractivity contribution in [3.8, 4) is 0 Å². The highest BCUT2D eigenvalue weighted by atomic mass is 16.3. The molecule has 2 atom stereocenters. The van der Waals surface area contributed by atoms with E-state index in [2.05, 4.69) is 55.6 Å². The number of nitrogens with one attached hydrogen (secondary N) is 1. The number of aliphatic hydroxyl groups is 2. The molecule has 0 heterocycles. The van der Waals surface area contributed by atoms with E-state index < -0.39 is 12.1 Å². The first kappa shape index (κ1) is 34.4. The topological polar surface area (TPSA) is 69.6 Å². The van der Waals surface area contributed by atoms with E-state index in [1.807, 2.05) is 6.08 Å². The van der Waals surface area contributed by atoms with Crippen LogP contribution in [0.5, 0.6) is 0 Å². The molecule has 1 amide bonds. The summed E-state index contributed by atoms with van der Waals surface area (Å²) < 4.78 is 0. The number of carbonyl (C=O) groups is 1. The Morgan fingerprint density at radius 3 is 1.69 bits per heavy atom. The molecule has 0 radical (unpaired) electrons. The number of allylic oxidation sites excluding steroid dienone is 7. The molecular weight excluding hydrogens is 446 g/mol. The second-order valence-electron chi connectivity index (χ2n) is 9.79. The monoisotopic (exact) mass is 503 g/mol. The Morgan fingerprint density at radius 1 is 0.639 bits per heavy atom. The summed E-state index contributed by atoms with van der Waals surface area (Å²) in [5.74, 6) is -0.0947. The Morgan fingerprint density at radius 2 is 1.11 bits per heavy atom. The Labute approximate surface area is 223 Å². The summed E-state index contributed by atoms with van der Waals surface area (Å²) >= 11 is 0. The van der Waals surface area contributed by atoms with Crippen LogP contribution in [0.15, 0.2) is 48.6 Å². The molecule has 0 fully saturated rings. The maximum absolute atomic E-state index is 12.2. The van der Waals surface area contributed by atoms with Crippen molar-refractivity contribution in [1.82, 2.24) is 5.32 Å². The van der Waals surface area contributed by atoms with Crippen LogP contribution in [-0.4, -0.2) is 34.9 Å². The van der Waals surface area contributed by atoms with Gasteiger partial charge in [-0.3, -0.25) is 4.79 Å². The second-order valence-corrected chi connectivity index (χ2v) is 9.79. The van der Waals surface area contributed by atoms with Gasteiger partial charge in [-0.15, -0.1) is 0 Å². The van der Waals surface area contributed by atoms with Crippen LogP contribution in [0.4, 0.5) is 0 Å². The van der Waals surface area contributed by atoms with Crippen LogP contribution in [0.2, 0.25) is 0 Å². The molecule has 2 unspecified atom stereocenters. The standard InChI is InChI=1S/C32H57NO3/c1-3-5-7-9-11-13-15-16-18-19-21-23-25-27-31(35)30(29-34)33-32(36)28-26-24-22-20-17-14-12-10-8-6-4-2/h10-13,18-19,25,27,30-31,34-35H,3-9,14-17,20-24,26,28-29H2,1-2H3,(H,33,36)/b12-10-,13-11+,19-18+,27-25+. The first-order valence-corrected chi connectivity index (χ1v) is 14.9.